The normalized spacial score (nSPS) is 23.9. The van der Waals surface area contributed by atoms with Gasteiger partial charge in [0.2, 0.25) is 5.91 Å². The first-order valence-corrected chi connectivity index (χ1v) is 7.18. The third-order valence-electron chi connectivity index (χ3n) is 2.27. The highest BCUT2D eigenvalue weighted by molar-refractivity contribution is 7.91. The number of amides is 1. The second-order valence-electron chi connectivity index (χ2n) is 3.43. The average Bonchev–Trinajstić information content (AvgIpc) is 2.74. The fourth-order valence-electron chi connectivity index (χ4n) is 1.49. The Labute approximate surface area is 91.4 Å². The maximum atomic E-state index is 11.6. The average molecular weight is 246 g/mol. The third-order valence-corrected chi connectivity index (χ3v) is 4.72. The van der Waals surface area contributed by atoms with Gasteiger partial charge in [-0.3, -0.25) is 4.79 Å². The fraction of sp³-hybridized carbons (Fsp3) is 0.500. The van der Waals surface area contributed by atoms with Crippen LogP contribution < -0.4 is 5.32 Å². The van der Waals surface area contributed by atoms with E-state index in [1.54, 1.807) is 11.6 Å². The molecule has 0 saturated carbocycles. The number of nitrogens with zero attached hydrogens (tertiary/aromatic N) is 1. The molecule has 2 heterocycles. The molecule has 1 atom stereocenters. The highest BCUT2D eigenvalue weighted by atomic mass is 32.2. The van der Waals surface area contributed by atoms with Crippen LogP contribution in [0, 0.1) is 5.92 Å². The van der Waals surface area contributed by atoms with Crippen LogP contribution in [0.3, 0.4) is 0 Å². The number of thiazole rings is 1. The lowest BCUT2D eigenvalue weighted by Gasteiger charge is -2.05. The number of anilines is 1. The van der Waals surface area contributed by atoms with Crippen molar-refractivity contribution in [2.75, 3.05) is 16.8 Å². The van der Waals surface area contributed by atoms with E-state index in [0.29, 0.717) is 11.6 Å². The van der Waals surface area contributed by atoms with Crippen molar-refractivity contribution in [3.63, 3.8) is 0 Å². The summed E-state index contributed by atoms with van der Waals surface area (Å²) in [6, 6.07) is 0. The molecule has 82 valence electrons. The first-order valence-electron chi connectivity index (χ1n) is 4.47. The van der Waals surface area contributed by atoms with Gasteiger partial charge in [0, 0.05) is 11.6 Å². The fourth-order valence-corrected chi connectivity index (χ4v) is 3.77. The van der Waals surface area contributed by atoms with E-state index in [2.05, 4.69) is 10.3 Å². The lowest BCUT2D eigenvalue weighted by molar-refractivity contribution is -0.119. The molecule has 0 spiro atoms. The summed E-state index contributed by atoms with van der Waals surface area (Å²) in [6.45, 7) is 0. The lowest BCUT2D eigenvalue weighted by atomic mass is 10.1. The maximum Gasteiger partial charge on any atom is 0.230 e. The monoisotopic (exact) mass is 246 g/mol. The van der Waals surface area contributed by atoms with Gasteiger partial charge >= 0.3 is 0 Å². The van der Waals surface area contributed by atoms with Crippen LogP contribution in [0.5, 0.6) is 0 Å². The Bertz CT molecular complexity index is 452. The topological polar surface area (TPSA) is 76.1 Å². The van der Waals surface area contributed by atoms with Crippen LogP contribution in [0.15, 0.2) is 11.6 Å². The highest BCUT2D eigenvalue weighted by Gasteiger charge is 2.33. The van der Waals surface area contributed by atoms with Gasteiger partial charge in [-0.15, -0.1) is 11.3 Å². The van der Waals surface area contributed by atoms with Gasteiger partial charge in [-0.2, -0.15) is 0 Å². The van der Waals surface area contributed by atoms with Crippen molar-refractivity contribution < 1.29 is 13.2 Å². The zero-order valence-electron chi connectivity index (χ0n) is 7.84. The molecule has 0 aromatic carbocycles. The Hall–Kier alpha value is -0.950. The van der Waals surface area contributed by atoms with Crippen LogP contribution >= 0.6 is 11.3 Å². The van der Waals surface area contributed by atoms with E-state index in [1.165, 1.54) is 11.3 Å². The van der Waals surface area contributed by atoms with Crippen LogP contribution in [-0.4, -0.2) is 30.8 Å². The predicted octanol–water partition coefficient (Wildman–Crippen LogP) is 0.516. The van der Waals surface area contributed by atoms with E-state index >= 15 is 0 Å². The molecular formula is C8H10N2O3S2. The Balaban J connectivity index is 1.99. The maximum absolute atomic E-state index is 11.6. The molecule has 0 radical (unpaired) electrons. The molecule has 1 fully saturated rings. The molecule has 15 heavy (non-hydrogen) atoms. The van der Waals surface area contributed by atoms with Crippen molar-refractivity contribution in [1.82, 2.24) is 4.98 Å². The number of hydrogen-bond acceptors (Lipinski definition) is 5. The minimum Gasteiger partial charge on any atom is -0.302 e. The lowest BCUT2D eigenvalue weighted by Crippen LogP contribution is -2.23. The molecular weight excluding hydrogens is 236 g/mol. The van der Waals surface area contributed by atoms with E-state index in [-0.39, 0.29) is 17.4 Å². The predicted molar refractivity (Wildman–Crippen MR) is 57.5 cm³/mol. The Morgan fingerprint density at radius 3 is 2.93 bits per heavy atom. The zero-order chi connectivity index (χ0) is 10.9. The number of nitrogens with one attached hydrogen (secondary N) is 1. The second kappa shape index (κ2) is 3.90. The number of sulfone groups is 1. The van der Waals surface area contributed by atoms with Crippen LogP contribution in [-0.2, 0) is 14.6 Å². The summed E-state index contributed by atoms with van der Waals surface area (Å²) < 4.78 is 22.3. The van der Waals surface area contributed by atoms with Crippen LogP contribution in [0.4, 0.5) is 5.13 Å². The minimum absolute atomic E-state index is 0.0375. The Morgan fingerprint density at radius 2 is 2.40 bits per heavy atom. The first-order chi connectivity index (χ1) is 7.07. The van der Waals surface area contributed by atoms with Gasteiger partial charge in [-0.1, -0.05) is 0 Å². The molecule has 0 bridgehead atoms. The summed E-state index contributed by atoms with van der Waals surface area (Å²) in [5.74, 6) is -0.586. The molecule has 5 nitrogen and oxygen atoms in total. The zero-order valence-corrected chi connectivity index (χ0v) is 9.47. The van der Waals surface area contributed by atoms with Crippen molar-refractivity contribution in [3.05, 3.63) is 11.6 Å². The van der Waals surface area contributed by atoms with E-state index in [0.717, 1.165) is 0 Å². The van der Waals surface area contributed by atoms with Gasteiger partial charge < -0.3 is 5.32 Å². The van der Waals surface area contributed by atoms with Crippen molar-refractivity contribution >= 4 is 32.2 Å². The molecule has 1 amide bonds. The van der Waals surface area contributed by atoms with Crippen molar-refractivity contribution in [3.8, 4) is 0 Å². The van der Waals surface area contributed by atoms with Gasteiger partial charge in [0.15, 0.2) is 15.0 Å². The number of rotatable bonds is 2. The van der Waals surface area contributed by atoms with Gasteiger partial charge in [-0.05, 0) is 6.42 Å². The van der Waals surface area contributed by atoms with E-state index in [4.69, 9.17) is 0 Å². The van der Waals surface area contributed by atoms with Crippen molar-refractivity contribution in [2.45, 2.75) is 6.42 Å². The van der Waals surface area contributed by atoms with Gasteiger partial charge in [0.1, 0.15) is 0 Å². The summed E-state index contributed by atoms with van der Waals surface area (Å²) in [4.78, 5) is 15.5. The molecule has 1 saturated heterocycles. The summed E-state index contributed by atoms with van der Waals surface area (Å²) in [6.07, 6.45) is 2.01. The molecule has 1 aliphatic heterocycles. The van der Waals surface area contributed by atoms with E-state index in [9.17, 15) is 13.2 Å². The number of hydrogen-bond donors (Lipinski definition) is 1. The van der Waals surface area contributed by atoms with Crippen LogP contribution in [0.25, 0.3) is 0 Å². The highest BCUT2D eigenvalue weighted by Crippen LogP contribution is 2.20. The number of aromatic nitrogens is 1. The molecule has 1 N–H and O–H groups in total. The second-order valence-corrected chi connectivity index (χ2v) is 6.55. The summed E-state index contributed by atoms with van der Waals surface area (Å²) in [5.41, 5.74) is 0. The number of carbonyl (C=O) groups excluding carboxylic acids is 1. The molecule has 1 aromatic rings. The Morgan fingerprint density at radius 1 is 1.60 bits per heavy atom. The first kappa shape index (κ1) is 10.6. The van der Waals surface area contributed by atoms with Crippen molar-refractivity contribution in [1.29, 1.82) is 0 Å². The Kier molecular flexibility index (Phi) is 2.74. The van der Waals surface area contributed by atoms with E-state index in [1.807, 2.05) is 0 Å². The minimum atomic E-state index is -3.00. The summed E-state index contributed by atoms with van der Waals surface area (Å²) >= 11 is 1.32. The number of carbonyl (C=O) groups is 1. The SMILES string of the molecule is O=C(Nc1nccs1)[C@@H]1CCS(=O)(=O)C1. The van der Waals surface area contributed by atoms with Crippen LogP contribution in [0.1, 0.15) is 6.42 Å². The molecule has 0 aliphatic carbocycles. The molecule has 1 aromatic heterocycles. The van der Waals surface area contributed by atoms with Gasteiger partial charge in [0.05, 0.1) is 17.4 Å². The summed E-state index contributed by atoms with van der Waals surface area (Å²) in [7, 11) is -3.00. The molecule has 2 rings (SSSR count). The van der Waals surface area contributed by atoms with Gasteiger partial charge in [0.25, 0.3) is 0 Å². The largest absolute Gasteiger partial charge is 0.302 e. The van der Waals surface area contributed by atoms with Crippen molar-refractivity contribution in [2.24, 2.45) is 5.92 Å². The van der Waals surface area contributed by atoms with Gasteiger partial charge in [-0.25, -0.2) is 13.4 Å². The quantitative estimate of drug-likeness (QED) is 0.825. The molecule has 0 unspecified atom stereocenters. The molecule has 1 aliphatic rings. The van der Waals surface area contributed by atoms with E-state index < -0.39 is 15.8 Å². The standard InChI is InChI=1S/C8H10N2O3S2/c11-7(10-8-9-2-3-14-8)6-1-4-15(12,13)5-6/h2-3,6H,1,4-5H2,(H,9,10,11)/t6-/m1/s1. The summed E-state index contributed by atoms with van der Waals surface area (Å²) in [5, 5.41) is 4.87. The smallest absolute Gasteiger partial charge is 0.230 e. The third kappa shape index (κ3) is 2.54. The molecule has 7 heteroatoms. The van der Waals surface area contributed by atoms with Crippen LogP contribution in [0.2, 0.25) is 0 Å².